The fourth-order valence-electron chi connectivity index (χ4n) is 1.85. The van der Waals surface area contributed by atoms with Gasteiger partial charge in [0, 0.05) is 18.2 Å². The fraction of sp³-hybridized carbons (Fsp3) is 0.231. The lowest BCUT2D eigenvalue weighted by Crippen LogP contribution is -2.17. The molecular formula is C13H12F3N3O. The first kappa shape index (κ1) is 14.1. The highest BCUT2D eigenvalue weighted by molar-refractivity contribution is 5.72. The van der Waals surface area contributed by atoms with Crippen LogP contribution < -0.4 is 10.1 Å². The summed E-state index contributed by atoms with van der Waals surface area (Å²) in [7, 11) is 1.68. The van der Waals surface area contributed by atoms with Crippen LogP contribution in [-0.4, -0.2) is 23.4 Å². The van der Waals surface area contributed by atoms with Crippen LogP contribution in [0.4, 0.5) is 19.0 Å². The molecule has 4 nitrogen and oxygen atoms in total. The standard InChI is InChI=1S/C13H12F3N3O/c1-8-11(18-7-19-12(8)17-2)9-5-3-4-6-10(9)20-13(14,15)16/h3-7H,1-2H3,(H,17,18,19). The average Bonchev–Trinajstić information content (AvgIpc) is 2.38. The highest BCUT2D eigenvalue weighted by Gasteiger charge is 2.32. The van der Waals surface area contributed by atoms with E-state index in [0.29, 0.717) is 17.1 Å². The van der Waals surface area contributed by atoms with E-state index < -0.39 is 6.36 Å². The Morgan fingerprint density at radius 3 is 2.50 bits per heavy atom. The van der Waals surface area contributed by atoms with Crippen molar-refractivity contribution in [2.75, 3.05) is 12.4 Å². The Morgan fingerprint density at radius 2 is 1.85 bits per heavy atom. The molecule has 1 N–H and O–H groups in total. The van der Waals surface area contributed by atoms with Gasteiger partial charge in [-0.1, -0.05) is 12.1 Å². The zero-order valence-corrected chi connectivity index (χ0v) is 10.8. The minimum Gasteiger partial charge on any atom is -0.405 e. The number of nitrogens with zero attached hydrogens (tertiary/aromatic N) is 2. The summed E-state index contributed by atoms with van der Waals surface area (Å²) < 4.78 is 41.3. The molecule has 0 aliphatic rings. The molecular weight excluding hydrogens is 271 g/mol. The maximum atomic E-state index is 12.4. The van der Waals surface area contributed by atoms with Crippen molar-refractivity contribution in [1.29, 1.82) is 0 Å². The Balaban J connectivity index is 2.53. The molecule has 2 aromatic rings. The number of hydrogen-bond donors (Lipinski definition) is 1. The second kappa shape index (κ2) is 5.36. The van der Waals surface area contributed by atoms with Crippen molar-refractivity contribution < 1.29 is 17.9 Å². The lowest BCUT2D eigenvalue weighted by atomic mass is 10.1. The molecule has 0 atom stereocenters. The molecule has 1 aromatic heterocycles. The Hall–Kier alpha value is -2.31. The zero-order chi connectivity index (χ0) is 14.8. The van der Waals surface area contributed by atoms with E-state index in [9.17, 15) is 13.2 Å². The first-order valence-corrected chi connectivity index (χ1v) is 5.77. The molecule has 0 aliphatic carbocycles. The smallest absolute Gasteiger partial charge is 0.405 e. The molecule has 1 heterocycles. The first-order chi connectivity index (χ1) is 9.42. The van der Waals surface area contributed by atoms with Crippen LogP contribution in [0.25, 0.3) is 11.3 Å². The summed E-state index contributed by atoms with van der Waals surface area (Å²) >= 11 is 0. The molecule has 0 saturated heterocycles. The number of benzene rings is 1. The number of alkyl halides is 3. The number of ether oxygens (including phenoxy) is 1. The third-order valence-electron chi connectivity index (χ3n) is 2.69. The fourth-order valence-corrected chi connectivity index (χ4v) is 1.85. The van der Waals surface area contributed by atoms with Crippen molar-refractivity contribution in [2.45, 2.75) is 13.3 Å². The maximum Gasteiger partial charge on any atom is 0.573 e. The zero-order valence-electron chi connectivity index (χ0n) is 10.8. The number of rotatable bonds is 3. The average molecular weight is 283 g/mol. The molecule has 20 heavy (non-hydrogen) atoms. The molecule has 7 heteroatoms. The minimum atomic E-state index is -4.75. The van der Waals surface area contributed by atoms with Gasteiger partial charge in [0.2, 0.25) is 0 Å². The van der Waals surface area contributed by atoms with Crippen LogP contribution in [0.3, 0.4) is 0 Å². The van der Waals surface area contributed by atoms with E-state index in [-0.39, 0.29) is 11.3 Å². The van der Waals surface area contributed by atoms with E-state index in [1.165, 1.54) is 24.5 Å². The highest BCUT2D eigenvalue weighted by atomic mass is 19.4. The van der Waals surface area contributed by atoms with Crippen LogP contribution in [0.5, 0.6) is 5.75 Å². The second-order valence-corrected chi connectivity index (χ2v) is 3.99. The number of nitrogens with one attached hydrogen (secondary N) is 1. The summed E-state index contributed by atoms with van der Waals surface area (Å²) in [6.45, 7) is 1.73. The van der Waals surface area contributed by atoms with Crippen LogP contribution in [0, 0.1) is 6.92 Å². The van der Waals surface area contributed by atoms with Gasteiger partial charge in [0.05, 0.1) is 5.69 Å². The SMILES string of the molecule is CNc1ncnc(-c2ccccc2OC(F)(F)F)c1C. The minimum absolute atomic E-state index is 0.265. The third kappa shape index (κ3) is 2.98. The number of aromatic nitrogens is 2. The highest BCUT2D eigenvalue weighted by Crippen LogP contribution is 2.35. The van der Waals surface area contributed by atoms with Gasteiger partial charge in [-0.15, -0.1) is 13.2 Å². The van der Waals surface area contributed by atoms with E-state index in [1.54, 1.807) is 20.0 Å². The molecule has 0 amide bonds. The van der Waals surface area contributed by atoms with Gasteiger partial charge in [-0.05, 0) is 19.1 Å². The van der Waals surface area contributed by atoms with Crippen molar-refractivity contribution in [2.24, 2.45) is 0 Å². The molecule has 0 spiro atoms. The van der Waals surface area contributed by atoms with Crippen LogP contribution in [0.1, 0.15) is 5.56 Å². The van der Waals surface area contributed by atoms with E-state index in [0.717, 1.165) is 0 Å². The molecule has 106 valence electrons. The number of anilines is 1. The predicted molar refractivity (Wildman–Crippen MR) is 68.4 cm³/mol. The summed E-state index contributed by atoms with van der Waals surface area (Å²) in [5, 5.41) is 2.86. The van der Waals surface area contributed by atoms with Gasteiger partial charge in [0.1, 0.15) is 17.9 Å². The van der Waals surface area contributed by atoms with Gasteiger partial charge in [0.25, 0.3) is 0 Å². The van der Waals surface area contributed by atoms with Gasteiger partial charge >= 0.3 is 6.36 Å². The number of para-hydroxylation sites is 1. The Kier molecular flexibility index (Phi) is 3.78. The second-order valence-electron chi connectivity index (χ2n) is 3.99. The number of hydrogen-bond acceptors (Lipinski definition) is 4. The van der Waals surface area contributed by atoms with Crippen LogP contribution in [0.2, 0.25) is 0 Å². The summed E-state index contributed by atoms with van der Waals surface area (Å²) in [4.78, 5) is 8.05. The Bertz CT molecular complexity index is 614. The lowest BCUT2D eigenvalue weighted by Gasteiger charge is -2.14. The van der Waals surface area contributed by atoms with E-state index in [4.69, 9.17) is 0 Å². The van der Waals surface area contributed by atoms with E-state index >= 15 is 0 Å². The van der Waals surface area contributed by atoms with Crippen LogP contribution >= 0.6 is 0 Å². The Labute approximate surface area is 113 Å². The maximum absolute atomic E-state index is 12.4. The van der Waals surface area contributed by atoms with Crippen molar-refractivity contribution in [3.63, 3.8) is 0 Å². The third-order valence-corrected chi connectivity index (χ3v) is 2.69. The molecule has 2 rings (SSSR count). The van der Waals surface area contributed by atoms with Crippen molar-refractivity contribution in [3.8, 4) is 17.0 Å². The normalized spacial score (nSPS) is 11.2. The quantitative estimate of drug-likeness (QED) is 0.938. The lowest BCUT2D eigenvalue weighted by molar-refractivity contribution is -0.274. The van der Waals surface area contributed by atoms with Crippen molar-refractivity contribution >= 4 is 5.82 Å². The first-order valence-electron chi connectivity index (χ1n) is 5.77. The molecule has 0 aliphatic heterocycles. The predicted octanol–water partition coefficient (Wildman–Crippen LogP) is 3.39. The Morgan fingerprint density at radius 1 is 1.15 bits per heavy atom. The van der Waals surface area contributed by atoms with E-state index in [2.05, 4.69) is 20.0 Å². The largest absolute Gasteiger partial charge is 0.573 e. The van der Waals surface area contributed by atoms with Gasteiger partial charge in [0.15, 0.2) is 0 Å². The van der Waals surface area contributed by atoms with E-state index in [1.807, 2.05) is 0 Å². The van der Waals surface area contributed by atoms with Crippen molar-refractivity contribution in [1.82, 2.24) is 9.97 Å². The monoisotopic (exact) mass is 283 g/mol. The topological polar surface area (TPSA) is 47.0 Å². The molecule has 0 unspecified atom stereocenters. The molecule has 0 radical (unpaired) electrons. The van der Waals surface area contributed by atoms with Gasteiger partial charge in [-0.2, -0.15) is 0 Å². The van der Waals surface area contributed by atoms with Crippen LogP contribution in [0.15, 0.2) is 30.6 Å². The molecule has 1 aromatic carbocycles. The van der Waals surface area contributed by atoms with Gasteiger partial charge < -0.3 is 10.1 Å². The molecule has 0 saturated carbocycles. The van der Waals surface area contributed by atoms with Gasteiger partial charge in [-0.25, -0.2) is 9.97 Å². The van der Waals surface area contributed by atoms with Gasteiger partial charge in [-0.3, -0.25) is 0 Å². The molecule has 0 fully saturated rings. The summed E-state index contributed by atoms with van der Waals surface area (Å²) in [6, 6.07) is 5.87. The van der Waals surface area contributed by atoms with Crippen LogP contribution in [-0.2, 0) is 0 Å². The number of halogens is 3. The summed E-state index contributed by atoms with van der Waals surface area (Å²) in [5.74, 6) is 0.265. The summed E-state index contributed by atoms with van der Waals surface area (Å²) in [6.07, 6.45) is -3.46. The molecule has 0 bridgehead atoms. The summed E-state index contributed by atoms with van der Waals surface area (Å²) in [5.41, 5.74) is 1.30. The van der Waals surface area contributed by atoms with Crippen molar-refractivity contribution in [3.05, 3.63) is 36.2 Å².